The number of H-pyrrole nitrogens is 1. The summed E-state index contributed by atoms with van der Waals surface area (Å²) in [6.45, 7) is 8.25. The van der Waals surface area contributed by atoms with E-state index in [2.05, 4.69) is 38.1 Å². The second kappa shape index (κ2) is 8.83. The molecule has 31 heavy (non-hydrogen) atoms. The summed E-state index contributed by atoms with van der Waals surface area (Å²) in [6.07, 6.45) is 5.91. The van der Waals surface area contributed by atoms with E-state index in [9.17, 15) is 9.59 Å². The van der Waals surface area contributed by atoms with Crippen molar-refractivity contribution in [3.05, 3.63) is 57.8 Å². The number of aromatic amines is 1. The van der Waals surface area contributed by atoms with E-state index in [-0.39, 0.29) is 16.9 Å². The highest BCUT2D eigenvalue weighted by atomic mass is 16.1. The zero-order valence-electron chi connectivity index (χ0n) is 18.8. The Kier molecular flexibility index (Phi) is 6.14. The van der Waals surface area contributed by atoms with Crippen molar-refractivity contribution in [2.24, 2.45) is 0 Å². The van der Waals surface area contributed by atoms with Crippen LogP contribution in [0.5, 0.6) is 0 Å². The Bertz CT molecular complexity index is 978. The fourth-order valence-electron chi connectivity index (χ4n) is 5.08. The van der Waals surface area contributed by atoms with Crippen LogP contribution in [0.1, 0.15) is 54.9 Å². The molecule has 1 aliphatic carbocycles. The summed E-state index contributed by atoms with van der Waals surface area (Å²) in [5, 5.41) is 2.60. The number of hydrogen-bond donors (Lipinski definition) is 2. The Morgan fingerprint density at radius 2 is 2.00 bits per heavy atom. The number of piperazine rings is 1. The van der Waals surface area contributed by atoms with Crippen molar-refractivity contribution in [2.45, 2.75) is 51.0 Å². The molecule has 0 aromatic carbocycles. The van der Waals surface area contributed by atoms with Crippen LogP contribution in [-0.2, 0) is 11.8 Å². The molecule has 2 aromatic heterocycles. The maximum atomic E-state index is 12.3. The number of amides is 1. The predicted molar refractivity (Wildman–Crippen MR) is 123 cm³/mol. The molecule has 2 N–H and O–H groups in total. The fourth-order valence-corrected chi connectivity index (χ4v) is 5.08. The van der Waals surface area contributed by atoms with Crippen molar-refractivity contribution < 1.29 is 4.79 Å². The van der Waals surface area contributed by atoms with Gasteiger partial charge in [-0.3, -0.25) is 14.5 Å². The molecule has 2 aliphatic rings. The summed E-state index contributed by atoms with van der Waals surface area (Å²) in [5.41, 5.74) is 3.55. The van der Waals surface area contributed by atoms with Crippen molar-refractivity contribution >= 4 is 11.6 Å². The third-order valence-corrected chi connectivity index (χ3v) is 7.14. The largest absolute Gasteiger partial charge is 0.368 e. The monoisotopic (exact) mass is 423 g/mol. The van der Waals surface area contributed by atoms with Crippen LogP contribution in [0.3, 0.4) is 0 Å². The van der Waals surface area contributed by atoms with Crippen LogP contribution in [-0.4, -0.2) is 60.0 Å². The topological polar surface area (TPSA) is 81.3 Å². The molecule has 2 unspecified atom stereocenters. The zero-order valence-corrected chi connectivity index (χ0v) is 18.8. The van der Waals surface area contributed by atoms with Crippen LogP contribution in [0.2, 0.25) is 0 Å². The lowest BCUT2D eigenvalue weighted by molar-refractivity contribution is 0.0958. The van der Waals surface area contributed by atoms with Gasteiger partial charge in [-0.1, -0.05) is 19.9 Å². The van der Waals surface area contributed by atoms with E-state index in [1.165, 1.54) is 0 Å². The lowest BCUT2D eigenvalue weighted by atomic mass is 9.84. The number of carbonyl (C=O) groups excluding carboxylic acids is 1. The molecular weight excluding hydrogens is 390 g/mol. The molecular formula is C24H33N5O2. The van der Waals surface area contributed by atoms with Gasteiger partial charge >= 0.3 is 0 Å². The Hall–Kier alpha value is -2.67. The third-order valence-electron chi connectivity index (χ3n) is 7.14. The fraction of sp³-hybridized carbons (Fsp3) is 0.542. The molecule has 7 nitrogen and oxygen atoms in total. The molecule has 1 aliphatic heterocycles. The minimum atomic E-state index is -0.161. The number of nitrogens with one attached hydrogen (secondary N) is 2. The SMILES string of the molecule is CCc1ccc(C2(C)CCC(N3CCN(c4ccc(C(=O)NC)nc4)CC3)C2)[nH]c1=O. The first-order valence-corrected chi connectivity index (χ1v) is 11.3. The number of pyridine rings is 2. The highest BCUT2D eigenvalue weighted by Gasteiger charge is 2.40. The van der Waals surface area contributed by atoms with Gasteiger partial charge in [-0.2, -0.15) is 0 Å². The van der Waals surface area contributed by atoms with Gasteiger partial charge in [-0.25, -0.2) is 4.98 Å². The molecule has 166 valence electrons. The maximum Gasteiger partial charge on any atom is 0.269 e. The molecule has 4 rings (SSSR count). The molecule has 2 aromatic rings. The smallest absolute Gasteiger partial charge is 0.269 e. The van der Waals surface area contributed by atoms with Crippen LogP contribution < -0.4 is 15.8 Å². The van der Waals surface area contributed by atoms with Crippen LogP contribution in [0.15, 0.2) is 35.3 Å². The molecule has 3 heterocycles. The van der Waals surface area contributed by atoms with E-state index in [1.807, 2.05) is 19.1 Å². The van der Waals surface area contributed by atoms with Gasteiger partial charge in [-0.05, 0) is 43.9 Å². The summed E-state index contributed by atoms with van der Waals surface area (Å²) < 4.78 is 0. The van der Waals surface area contributed by atoms with Crippen molar-refractivity contribution in [3.63, 3.8) is 0 Å². The minimum absolute atomic E-state index is 0.0346. The molecule has 0 bridgehead atoms. The number of hydrogen-bond acceptors (Lipinski definition) is 5. The average molecular weight is 424 g/mol. The molecule has 0 spiro atoms. The van der Waals surface area contributed by atoms with Gasteiger partial charge in [0.1, 0.15) is 5.69 Å². The van der Waals surface area contributed by atoms with Gasteiger partial charge < -0.3 is 15.2 Å². The van der Waals surface area contributed by atoms with Crippen LogP contribution in [0, 0.1) is 0 Å². The first kappa shape index (κ1) is 21.6. The average Bonchev–Trinajstić information content (AvgIpc) is 3.22. The number of aromatic nitrogens is 2. The lowest BCUT2D eigenvalue weighted by Gasteiger charge is -2.39. The highest BCUT2D eigenvalue weighted by molar-refractivity contribution is 5.92. The molecule has 1 saturated heterocycles. The number of nitrogens with zero attached hydrogens (tertiary/aromatic N) is 3. The van der Waals surface area contributed by atoms with E-state index in [1.54, 1.807) is 19.3 Å². The zero-order chi connectivity index (χ0) is 22.0. The Labute approximate surface area is 183 Å². The number of rotatable bonds is 5. The van der Waals surface area contributed by atoms with E-state index in [0.717, 1.165) is 68.8 Å². The van der Waals surface area contributed by atoms with Gasteiger partial charge in [0, 0.05) is 55.9 Å². The molecule has 2 fully saturated rings. The first-order chi connectivity index (χ1) is 14.9. The number of carbonyl (C=O) groups is 1. The summed E-state index contributed by atoms with van der Waals surface area (Å²) in [4.78, 5) is 36.4. The molecule has 2 atom stereocenters. The second-order valence-electron chi connectivity index (χ2n) is 9.04. The second-order valence-corrected chi connectivity index (χ2v) is 9.04. The minimum Gasteiger partial charge on any atom is -0.368 e. The molecule has 7 heteroatoms. The number of anilines is 1. The maximum absolute atomic E-state index is 12.3. The van der Waals surface area contributed by atoms with Crippen LogP contribution >= 0.6 is 0 Å². The summed E-state index contributed by atoms with van der Waals surface area (Å²) >= 11 is 0. The molecule has 1 saturated carbocycles. The third kappa shape index (κ3) is 4.37. The van der Waals surface area contributed by atoms with Crippen molar-refractivity contribution in [1.82, 2.24) is 20.2 Å². The summed E-state index contributed by atoms with van der Waals surface area (Å²) in [5.74, 6) is -0.161. The van der Waals surface area contributed by atoms with Crippen LogP contribution in [0.25, 0.3) is 0 Å². The van der Waals surface area contributed by atoms with E-state index >= 15 is 0 Å². The van der Waals surface area contributed by atoms with Crippen molar-refractivity contribution in [2.75, 3.05) is 38.1 Å². The van der Waals surface area contributed by atoms with Gasteiger partial charge in [0.25, 0.3) is 11.5 Å². The predicted octanol–water partition coefficient (Wildman–Crippen LogP) is 2.32. The summed E-state index contributed by atoms with van der Waals surface area (Å²) in [7, 11) is 1.61. The summed E-state index contributed by atoms with van der Waals surface area (Å²) in [6, 6.07) is 8.43. The lowest BCUT2D eigenvalue weighted by Crippen LogP contribution is -2.50. The quantitative estimate of drug-likeness (QED) is 0.771. The Morgan fingerprint density at radius 3 is 2.61 bits per heavy atom. The van der Waals surface area contributed by atoms with Crippen LogP contribution in [0.4, 0.5) is 5.69 Å². The van der Waals surface area contributed by atoms with Gasteiger partial charge in [-0.15, -0.1) is 0 Å². The van der Waals surface area contributed by atoms with Gasteiger partial charge in [0.2, 0.25) is 0 Å². The van der Waals surface area contributed by atoms with Crippen molar-refractivity contribution in [1.29, 1.82) is 0 Å². The molecule has 1 amide bonds. The number of aryl methyl sites for hydroxylation is 1. The normalized spacial score (nSPS) is 24.4. The van der Waals surface area contributed by atoms with Gasteiger partial charge in [0.15, 0.2) is 0 Å². The molecule has 0 radical (unpaired) electrons. The standard InChI is InChI=1S/C24H33N5O2/c1-4-17-5-8-21(27-22(17)30)24(2)10-9-18(15-24)28-11-13-29(14-12-28)19-6-7-20(26-16-19)23(31)25-3/h5-8,16,18H,4,9-15H2,1-3H3,(H,25,31)(H,27,30). The van der Waals surface area contributed by atoms with Gasteiger partial charge in [0.05, 0.1) is 11.9 Å². The first-order valence-electron chi connectivity index (χ1n) is 11.3. The van der Waals surface area contributed by atoms with E-state index < -0.39 is 0 Å². The van der Waals surface area contributed by atoms with Crippen molar-refractivity contribution in [3.8, 4) is 0 Å². The highest BCUT2D eigenvalue weighted by Crippen LogP contribution is 2.41. The Balaban J connectivity index is 1.36. The van der Waals surface area contributed by atoms with E-state index in [4.69, 9.17) is 0 Å². The Morgan fingerprint density at radius 1 is 1.23 bits per heavy atom. The van der Waals surface area contributed by atoms with E-state index in [0.29, 0.717) is 11.7 Å².